The maximum Gasteiger partial charge on any atom is 0.128 e. The van der Waals surface area contributed by atoms with E-state index in [1.807, 2.05) is 17.9 Å². The average molecular weight is 356 g/mol. The van der Waals surface area contributed by atoms with Gasteiger partial charge in [-0.3, -0.25) is 0 Å². The molecule has 0 N–H and O–H groups in total. The molecule has 0 aliphatic heterocycles. The zero-order valence-electron chi connectivity index (χ0n) is 13.0. The van der Waals surface area contributed by atoms with Crippen molar-refractivity contribution in [2.75, 3.05) is 6.26 Å². The molecule has 0 aliphatic rings. The summed E-state index contributed by atoms with van der Waals surface area (Å²) >= 11 is 3.22. The van der Waals surface area contributed by atoms with Crippen LogP contribution in [0.3, 0.4) is 0 Å². The highest BCUT2D eigenvalue weighted by Gasteiger charge is 2.17. The van der Waals surface area contributed by atoms with E-state index >= 15 is 0 Å². The summed E-state index contributed by atoms with van der Waals surface area (Å²) in [5.74, 6) is -0.252. The molecule has 3 aromatic heterocycles. The molecule has 0 bridgehead atoms. The molecule has 0 aliphatic carbocycles. The van der Waals surface area contributed by atoms with Crippen LogP contribution in [0.4, 0.5) is 4.39 Å². The molecule has 0 unspecified atom stereocenters. The molecule has 3 heterocycles. The summed E-state index contributed by atoms with van der Waals surface area (Å²) in [7, 11) is 1.96. The van der Waals surface area contributed by atoms with Crippen molar-refractivity contribution in [2.24, 2.45) is 7.05 Å². The second-order valence-electron chi connectivity index (χ2n) is 5.27. The van der Waals surface area contributed by atoms with E-state index in [4.69, 9.17) is 0 Å². The zero-order valence-corrected chi connectivity index (χ0v) is 14.7. The standard InChI is InChI=1S/C17H13FN4S2/c1-22-9-21-14(10-3-5-11(18)6-4-10)15(22)13-7-12-16(23-2)19-8-20-17(12)24-13/h3-9H,1-2H3. The Hall–Kier alpha value is -2.25. The van der Waals surface area contributed by atoms with Crippen LogP contribution in [0, 0.1) is 5.82 Å². The third-order valence-corrected chi connectivity index (χ3v) is 5.54. The Morgan fingerprint density at radius 3 is 2.67 bits per heavy atom. The number of benzene rings is 1. The molecule has 4 aromatic rings. The number of rotatable bonds is 3. The second kappa shape index (κ2) is 5.99. The molecule has 0 amide bonds. The smallest absolute Gasteiger partial charge is 0.128 e. The van der Waals surface area contributed by atoms with Crippen molar-refractivity contribution >= 4 is 33.3 Å². The van der Waals surface area contributed by atoms with Crippen molar-refractivity contribution in [1.29, 1.82) is 0 Å². The predicted molar refractivity (Wildman–Crippen MR) is 96.8 cm³/mol. The third-order valence-electron chi connectivity index (χ3n) is 3.77. The number of aromatic nitrogens is 4. The first kappa shape index (κ1) is 15.3. The van der Waals surface area contributed by atoms with Crippen molar-refractivity contribution in [3.8, 4) is 21.8 Å². The summed E-state index contributed by atoms with van der Waals surface area (Å²) in [6, 6.07) is 8.52. The Morgan fingerprint density at radius 1 is 1.12 bits per heavy atom. The highest BCUT2D eigenvalue weighted by atomic mass is 32.2. The number of halogens is 1. The van der Waals surface area contributed by atoms with Crippen LogP contribution in [0.15, 0.2) is 48.0 Å². The highest BCUT2D eigenvalue weighted by molar-refractivity contribution is 7.98. The van der Waals surface area contributed by atoms with Gasteiger partial charge in [-0.25, -0.2) is 19.3 Å². The Kier molecular flexibility index (Phi) is 3.82. The molecular weight excluding hydrogens is 343 g/mol. The lowest BCUT2D eigenvalue weighted by Gasteiger charge is -2.04. The van der Waals surface area contributed by atoms with Crippen LogP contribution in [0.5, 0.6) is 0 Å². The maximum absolute atomic E-state index is 13.2. The lowest BCUT2D eigenvalue weighted by Crippen LogP contribution is -1.89. The van der Waals surface area contributed by atoms with E-state index in [9.17, 15) is 4.39 Å². The van der Waals surface area contributed by atoms with E-state index in [1.54, 1.807) is 47.9 Å². The van der Waals surface area contributed by atoms with Crippen molar-refractivity contribution in [3.05, 3.63) is 48.8 Å². The quantitative estimate of drug-likeness (QED) is 0.397. The number of hydrogen-bond acceptors (Lipinski definition) is 5. The molecule has 7 heteroatoms. The zero-order chi connectivity index (χ0) is 16.7. The molecule has 0 atom stereocenters. The Labute approximate surface area is 146 Å². The van der Waals surface area contributed by atoms with Crippen LogP contribution >= 0.6 is 23.1 Å². The van der Waals surface area contributed by atoms with E-state index in [0.29, 0.717) is 0 Å². The van der Waals surface area contributed by atoms with E-state index < -0.39 is 0 Å². The van der Waals surface area contributed by atoms with Gasteiger partial charge in [-0.1, -0.05) is 0 Å². The van der Waals surface area contributed by atoms with Gasteiger partial charge in [0.15, 0.2) is 0 Å². The van der Waals surface area contributed by atoms with Gasteiger partial charge in [0.25, 0.3) is 0 Å². The molecule has 0 saturated carbocycles. The lowest BCUT2D eigenvalue weighted by atomic mass is 10.1. The molecule has 0 spiro atoms. The van der Waals surface area contributed by atoms with Gasteiger partial charge in [-0.2, -0.15) is 0 Å². The van der Waals surface area contributed by atoms with Gasteiger partial charge < -0.3 is 4.57 Å². The van der Waals surface area contributed by atoms with Crippen molar-refractivity contribution in [3.63, 3.8) is 0 Å². The van der Waals surface area contributed by atoms with Gasteiger partial charge in [-0.05, 0) is 36.6 Å². The summed E-state index contributed by atoms with van der Waals surface area (Å²) in [6.45, 7) is 0. The van der Waals surface area contributed by atoms with Gasteiger partial charge in [0.1, 0.15) is 22.0 Å². The number of hydrogen-bond donors (Lipinski definition) is 0. The monoisotopic (exact) mass is 356 g/mol. The Morgan fingerprint density at radius 2 is 1.92 bits per heavy atom. The summed E-state index contributed by atoms with van der Waals surface area (Å²) in [4.78, 5) is 15.2. The molecule has 24 heavy (non-hydrogen) atoms. The molecule has 1 aromatic carbocycles. The summed E-state index contributed by atoms with van der Waals surface area (Å²) in [6.07, 6.45) is 5.38. The Bertz CT molecular complexity index is 1020. The predicted octanol–water partition coefficient (Wildman–Crippen LogP) is 4.62. The average Bonchev–Trinajstić information content (AvgIpc) is 3.18. The van der Waals surface area contributed by atoms with E-state index in [0.717, 1.165) is 37.1 Å². The SMILES string of the molecule is CSc1ncnc2sc(-c3c(-c4ccc(F)cc4)ncn3C)cc12. The molecular formula is C17H13FN4S2. The van der Waals surface area contributed by atoms with Gasteiger partial charge in [0.05, 0.1) is 22.6 Å². The number of thioether (sulfide) groups is 1. The van der Waals surface area contributed by atoms with Crippen molar-refractivity contribution in [2.45, 2.75) is 5.03 Å². The van der Waals surface area contributed by atoms with E-state index in [-0.39, 0.29) is 5.82 Å². The van der Waals surface area contributed by atoms with Crippen molar-refractivity contribution in [1.82, 2.24) is 19.5 Å². The topological polar surface area (TPSA) is 43.6 Å². The second-order valence-corrected chi connectivity index (χ2v) is 7.10. The summed E-state index contributed by atoms with van der Waals surface area (Å²) in [5, 5.41) is 2.02. The van der Waals surface area contributed by atoms with Crippen LogP contribution in [0.25, 0.3) is 32.0 Å². The van der Waals surface area contributed by atoms with Crippen molar-refractivity contribution < 1.29 is 4.39 Å². The number of nitrogens with zero attached hydrogens (tertiary/aromatic N) is 4. The van der Waals surface area contributed by atoms with Crippen LogP contribution in [0.1, 0.15) is 0 Å². The molecule has 120 valence electrons. The molecule has 4 nitrogen and oxygen atoms in total. The van der Waals surface area contributed by atoms with Gasteiger partial charge >= 0.3 is 0 Å². The largest absolute Gasteiger partial charge is 0.333 e. The van der Waals surface area contributed by atoms with Crippen LogP contribution in [-0.2, 0) is 7.05 Å². The lowest BCUT2D eigenvalue weighted by molar-refractivity contribution is 0.628. The third kappa shape index (κ3) is 2.50. The number of fused-ring (bicyclic) bond motifs is 1. The summed E-state index contributed by atoms with van der Waals surface area (Å²) < 4.78 is 15.2. The number of imidazole rings is 1. The molecule has 4 rings (SSSR count). The normalized spacial score (nSPS) is 11.3. The minimum atomic E-state index is -0.252. The molecule has 0 saturated heterocycles. The minimum absolute atomic E-state index is 0.252. The first-order chi connectivity index (χ1) is 11.7. The fraction of sp³-hybridized carbons (Fsp3) is 0.118. The summed E-state index contributed by atoms with van der Waals surface area (Å²) in [5.41, 5.74) is 2.72. The fourth-order valence-electron chi connectivity index (χ4n) is 2.65. The highest BCUT2D eigenvalue weighted by Crippen LogP contribution is 2.39. The first-order valence-corrected chi connectivity index (χ1v) is 9.27. The first-order valence-electron chi connectivity index (χ1n) is 7.23. The van der Waals surface area contributed by atoms with Crippen LogP contribution in [0.2, 0.25) is 0 Å². The van der Waals surface area contributed by atoms with E-state index in [1.165, 1.54) is 12.1 Å². The maximum atomic E-state index is 13.2. The minimum Gasteiger partial charge on any atom is -0.333 e. The van der Waals surface area contributed by atoms with Gasteiger partial charge in [0.2, 0.25) is 0 Å². The van der Waals surface area contributed by atoms with Gasteiger partial charge in [-0.15, -0.1) is 23.1 Å². The van der Waals surface area contributed by atoms with Crippen LogP contribution in [-0.4, -0.2) is 25.8 Å². The van der Waals surface area contributed by atoms with Crippen LogP contribution < -0.4 is 0 Å². The Balaban J connectivity index is 1.91. The number of aryl methyl sites for hydroxylation is 1. The number of thiophene rings is 1. The molecule has 0 radical (unpaired) electrons. The fourth-order valence-corrected chi connectivity index (χ4v) is 4.33. The van der Waals surface area contributed by atoms with Gasteiger partial charge in [0, 0.05) is 18.0 Å². The molecule has 0 fully saturated rings. The van der Waals surface area contributed by atoms with E-state index in [2.05, 4.69) is 21.0 Å².